The van der Waals surface area contributed by atoms with Crippen LogP contribution in [-0.2, 0) is 9.59 Å². The van der Waals surface area contributed by atoms with Crippen LogP contribution in [0.1, 0.15) is 18.4 Å². The fourth-order valence-electron chi connectivity index (χ4n) is 2.37. The summed E-state index contributed by atoms with van der Waals surface area (Å²) >= 11 is 3.37. The quantitative estimate of drug-likeness (QED) is 0.789. The normalized spacial score (nSPS) is 14.3. The van der Waals surface area contributed by atoms with E-state index >= 15 is 0 Å². The van der Waals surface area contributed by atoms with Gasteiger partial charge in [0.15, 0.2) is 0 Å². The van der Waals surface area contributed by atoms with Gasteiger partial charge in [-0.1, -0.05) is 12.1 Å². The number of nitrogens with zero attached hydrogens (tertiary/aromatic N) is 1. The van der Waals surface area contributed by atoms with Crippen molar-refractivity contribution in [2.45, 2.75) is 12.8 Å². The van der Waals surface area contributed by atoms with E-state index in [1.165, 1.54) is 0 Å². The first-order valence-electron chi connectivity index (χ1n) is 7.43. The standard InChI is InChI=1S/C18H14BrN3O2/c19-14-3-1-2-4-15(14)22-17(24)18(9-10-18)16(23)21-13-7-5-12(11-20)6-8-13/h1-8H,9-10H2,(H,21,23)(H,22,24). The molecule has 1 aliphatic rings. The van der Waals surface area contributed by atoms with Crippen LogP contribution >= 0.6 is 15.9 Å². The summed E-state index contributed by atoms with van der Waals surface area (Å²) < 4.78 is 0.765. The Morgan fingerprint density at radius 1 is 1.00 bits per heavy atom. The molecule has 0 spiro atoms. The SMILES string of the molecule is N#Cc1ccc(NC(=O)C2(C(=O)Nc3ccccc3Br)CC2)cc1. The van der Waals surface area contributed by atoms with Crippen molar-refractivity contribution in [1.29, 1.82) is 5.26 Å². The highest BCUT2D eigenvalue weighted by Gasteiger charge is 2.56. The highest BCUT2D eigenvalue weighted by molar-refractivity contribution is 9.10. The van der Waals surface area contributed by atoms with E-state index in [2.05, 4.69) is 26.6 Å². The van der Waals surface area contributed by atoms with Crippen LogP contribution in [0.5, 0.6) is 0 Å². The van der Waals surface area contributed by atoms with Gasteiger partial charge in [-0.05, 0) is 65.2 Å². The molecule has 2 aromatic rings. The van der Waals surface area contributed by atoms with Crippen LogP contribution in [0, 0.1) is 16.7 Å². The van der Waals surface area contributed by atoms with Crippen molar-refractivity contribution in [1.82, 2.24) is 0 Å². The molecule has 2 N–H and O–H groups in total. The molecule has 0 heterocycles. The first kappa shape index (κ1) is 16.2. The lowest BCUT2D eigenvalue weighted by atomic mass is 10.0. The predicted octanol–water partition coefficient (Wildman–Crippen LogP) is 3.68. The number of benzene rings is 2. The van der Waals surface area contributed by atoms with Gasteiger partial charge in [0.05, 0.1) is 17.3 Å². The number of nitrogens with one attached hydrogen (secondary N) is 2. The van der Waals surface area contributed by atoms with Crippen LogP contribution in [0.15, 0.2) is 53.0 Å². The zero-order chi connectivity index (χ0) is 17.2. The molecule has 6 heteroatoms. The minimum absolute atomic E-state index is 0.305. The second-order valence-electron chi connectivity index (χ2n) is 5.66. The molecule has 1 fully saturated rings. The number of anilines is 2. The first-order valence-corrected chi connectivity index (χ1v) is 8.22. The zero-order valence-corrected chi connectivity index (χ0v) is 14.3. The number of hydrogen-bond acceptors (Lipinski definition) is 3. The van der Waals surface area contributed by atoms with E-state index < -0.39 is 5.41 Å². The van der Waals surface area contributed by atoms with Gasteiger partial charge in [0.2, 0.25) is 11.8 Å². The van der Waals surface area contributed by atoms with Crippen LogP contribution in [-0.4, -0.2) is 11.8 Å². The van der Waals surface area contributed by atoms with E-state index in [4.69, 9.17) is 5.26 Å². The van der Waals surface area contributed by atoms with E-state index in [0.29, 0.717) is 29.8 Å². The molecule has 120 valence electrons. The minimum Gasteiger partial charge on any atom is -0.325 e. The average molecular weight is 384 g/mol. The summed E-state index contributed by atoms with van der Waals surface area (Å²) in [6.45, 7) is 0. The molecule has 0 saturated heterocycles. The lowest BCUT2D eigenvalue weighted by Gasteiger charge is -2.16. The van der Waals surface area contributed by atoms with Gasteiger partial charge in [0.25, 0.3) is 0 Å². The van der Waals surface area contributed by atoms with Crippen LogP contribution in [0.4, 0.5) is 11.4 Å². The molecule has 24 heavy (non-hydrogen) atoms. The molecule has 0 bridgehead atoms. The van der Waals surface area contributed by atoms with Gasteiger partial charge >= 0.3 is 0 Å². The predicted molar refractivity (Wildman–Crippen MR) is 94.2 cm³/mol. The number of carbonyl (C=O) groups excluding carboxylic acids is 2. The molecule has 0 unspecified atom stereocenters. The monoisotopic (exact) mass is 383 g/mol. The van der Waals surface area contributed by atoms with Gasteiger partial charge in [-0.25, -0.2) is 0 Å². The largest absolute Gasteiger partial charge is 0.325 e. The Balaban J connectivity index is 1.70. The molecule has 0 radical (unpaired) electrons. The smallest absolute Gasteiger partial charge is 0.240 e. The third-order valence-corrected chi connectivity index (χ3v) is 4.70. The molecule has 3 rings (SSSR count). The van der Waals surface area contributed by atoms with Crippen molar-refractivity contribution in [3.8, 4) is 6.07 Å². The Labute approximate surface area is 147 Å². The molecule has 0 aromatic heterocycles. The van der Waals surface area contributed by atoms with Gasteiger partial charge in [-0.2, -0.15) is 5.26 Å². The van der Waals surface area contributed by atoms with Crippen molar-refractivity contribution in [3.63, 3.8) is 0 Å². The summed E-state index contributed by atoms with van der Waals surface area (Å²) in [7, 11) is 0. The Morgan fingerprint density at radius 3 is 2.21 bits per heavy atom. The zero-order valence-electron chi connectivity index (χ0n) is 12.7. The molecule has 5 nitrogen and oxygen atoms in total. The number of amides is 2. The third-order valence-electron chi connectivity index (χ3n) is 4.01. The lowest BCUT2D eigenvalue weighted by Crippen LogP contribution is -2.35. The Morgan fingerprint density at radius 2 is 1.62 bits per heavy atom. The molecule has 2 aromatic carbocycles. The highest BCUT2D eigenvalue weighted by atomic mass is 79.9. The second kappa shape index (κ2) is 6.46. The van der Waals surface area contributed by atoms with E-state index in [0.717, 1.165) is 4.47 Å². The van der Waals surface area contributed by atoms with Crippen molar-refractivity contribution in [2.24, 2.45) is 5.41 Å². The van der Waals surface area contributed by atoms with E-state index in [9.17, 15) is 9.59 Å². The summed E-state index contributed by atoms with van der Waals surface area (Å²) in [5.41, 5.74) is 0.697. The Kier molecular flexibility index (Phi) is 4.36. The molecule has 0 aliphatic heterocycles. The van der Waals surface area contributed by atoms with Crippen molar-refractivity contribution in [3.05, 3.63) is 58.6 Å². The summed E-state index contributed by atoms with van der Waals surface area (Å²) in [4.78, 5) is 25.1. The fourth-order valence-corrected chi connectivity index (χ4v) is 2.75. The second-order valence-corrected chi connectivity index (χ2v) is 6.51. The lowest BCUT2D eigenvalue weighted by molar-refractivity contribution is -0.131. The van der Waals surface area contributed by atoms with Crippen molar-refractivity contribution >= 4 is 39.1 Å². The van der Waals surface area contributed by atoms with Crippen molar-refractivity contribution < 1.29 is 9.59 Å². The molecule has 0 atom stereocenters. The number of rotatable bonds is 4. The van der Waals surface area contributed by atoms with Gasteiger partial charge < -0.3 is 10.6 Å². The molecule has 1 saturated carbocycles. The Bertz CT molecular complexity index is 836. The van der Waals surface area contributed by atoms with E-state index in [1.807, 2.05) is 24.3 Å². The van der Waals surface area contributed by atoms with Gasteiger partial charge in [0.1, 0.15) is 5.41 Å². The van der Waals surface area contributed by atoms with Crippen LogP contribution < -0.4 is 10.6 Å². The van der Waals surface area contributed by atoms with E-state index in [1.54, 1.807) is 30.3 Å². The van der Waals surface area contributed by atoms with Crippen molar-refractivity contribution in [2.75, 3.05) is 10.6 Å². The summed E-state index contributed by atoms with van der Waals surface area (Å²) in [5.74, 6) is -0.627. The summed E-state index contributed by atoms with van der Waals surface area (Å²) in [5, 5.41) is 14.4. The molecular weight excluding hydrogens is 370 g/mol. The number of halogens is 1. The third kappa shape index (κ3) is 3.17. The number of carbonyl (C=O) groups is 2. The van der Waals surface area contributed by atoms with Gasteiger partial charge in [-0.3, -0.25) is 9.59 Å². The maximum absolute atomic E-state index is 12.5. The molecule has 2 amide bonds. The molecular formula is C18H14BrN3O2. The highest BCUT2D eigenvalue weighted by Crippen LogP contribution is 2.47. The maximum atomic E-state index is 12.5. The maximum Gasteiger partial charge on any atom is 0.240 e. The molecule has 1 aliphatic carbocycles. The van der Waals surface area contributed by atoms with Crippen LogP contribution in [0.2, 0.25) is 0 Å². The first-order chi connectivity index (χ1) is 11.5. The van der Waals surface area contributed by atoms with Gasteiger partial charge in [0, 0.05) is 10.2 Å². The minimum atomic E-state index is -1.02. The number of nitriles is 1. The van der Waals surface area contributed by atoms with Gasteiger partial charge in [-0.15, -0.1) is 0 Å². The Hall–Kier alpha value is -2.65. The number of para-hydroxylation sites is 1. The van der Waals surface area contributed by atoms with E-state index in [-0.39, 0.29) is 11.8 Å². The topological polar surface area (TPSA) is 82.0 Å². The summed E-state index contributed by atoms with van der Waals surface area (Å²) in [6.07, 6.45) is 1.04. The summed E-state index contributed by atoms with van der Waals surface area (Å²) in [6, 6.07) is 15.8. The average Bonchev–Trinajstić information content (AvgIpc) is 3.39. The van der Waals surface area contributed by atoms with Crippen LogP contribution in [0.3, 0.4) is 0 Å². The number of hydrogen-bond donors (Lipinski definition) is 2. The van der Waals surface area contributed by atoms with Crippen LogP contribution in [0.25, 0.3) is 0 Å². The fraction of sp³-hybridized carbons (Fsp3) is 0.167.